The maximum Gasteiger partial charge on any atom is 0.333 e. The van der Waals surface area contributed by atoms with Crippen molar-refractivity contribution >= 4 is 11.7 Å². The van der Waals surface area contributed by atoms with Crippen molar-refractivity contribution in [1.29, 1.82) is 0 Å². The lowest BCUT2D eigenvalue weighted by atomic mass is 10.3. The molecule has 1 saturated carbocycles. The normalized spacial score (nSPS) is 17.9. The Labute approximate surface area is 79.6 Å². The number of hydrogen-bond donors (Lipinski definition) is 1. The topological polar surface area (TPSA) is 70.1 Å². The number of rotatable bonds is 2. The zero-order chi connectivity index (χ0) is 10.3. The Hall–Kier alpha value is -1.59. The summed E-state index contributed by atoms with van der Waals surface area (Å²) in [6, 6.07) is 0. The minimum atomic E-state index is -0.812. The zero-order valence-corrected chi connectivity index (χ0v) is 7.66. The van der Waals surface area contributed by atoms with Gasteiger partial charge in [-0.25, -0.2) is 4.79 Å². The van der Waals surface area contributed by atoms with E-state index in [1.54, 1.807) is 0 Å². The van der Waals surface area contributed by atoms with E-state index in [0.29, 0.717) is 12.8 Å². The van der Waals surface area contributed by atoms with Crippen LogP contribution in [0.3, 0.4) is 0 Å². The Morgan fingerprint density at radius 3 is 2.79 bits per heavy atom. The fourth-order valence-corrected chi connectivity index (χ4v) is 1.42. The first kappa shape index (κ1) is 8.98. The number of nitrogens with two attached hydrogens (primary N) is 1. The van der Waals surface area contributed by atoms with Crippen LogP contribution in [0.2, 0.25) is 0 Å². The molecule has 0 unspecified atom stereocenters. The molecule has 14 heavy (non-hydrogen) atoms. The summed E-state index contributed by atoms with van der Waals surface area (Å²) >= 11 is 0. The highest BCUT2D eigenvalue weighted by atomic mass is 19.1. The summed E-state index contributed by atoms with van der Waals surface area (Å²) < 4.78 is 18.7. The van der Waals surface area contributed by atoms with Crippen LogP contribution >= 0.6 is 0 Å². The largest absolute Gasteiger partial charge is 0.467 e. The Morgan fingerprint density at radius 1 is 1.79 bits per heavy atom. The van der Waals surface area contributed by atoms with Crippen molar-refractivity contribution in [3.8, 4) is 0 Å². The summed E-state index contributed by atoms with van der Waals surface area (Å²) in [5.74, 6) is -1.15. The van der Waals surface area contributed by atoms with Crippen molar-refractivity contribution in [3.05, 3.63) is 12.1 Å². The predicted molar refractivity (Wildman–Crippen MR) is 45.8 cm³/mol. The molecule has 0 spiro atoms. The molecule has 0 bridgehead atoms. The van der Waals surface area contributed by atoms with E-state index < -0.39 is 17.5 Å². The smallest absolute Gasteiger partial charge is 0.333 e. The van der Waals surface area contributed by atoms with Gasteiger partial charge in [0.2, 0.25) is 0 Å². The van der Waals surface area contributed by atoms with Gasteiger partial charge >= 0.3 is 5.97 Å². The molecule has 0 radical (unpaired) electrons. The number of esters is 1. The Morgan fingerprint density at radius 2 is 2.43 bits per heavy atom. The van der Waals surface area contributed by atoms with Gasteiger partial charge in [0, 0.05) is 0 Å². The minimum absolute atomic E-state index is 0.0554. The lowest BCUT2D eigenvalue weighted by molar-refractivity contribution is -0.146. The first-order chi connectivity index (χ1) is 6.60. The second-order valence-corrected chi connectivity index (χ2v) is 3.34. The van der Waals surface area contributed by atoms with Crippen molar-refractivity contribution in [2.24, 2.45) is 0 Å². The molecular formula is C8H10FN3O2. The minimum Gasteiger partial charge on any atom is -0.467 e. The summed E-state index contributed by atoms with van der Waals surface area (Å²) in [5.41, 5.74) is 4.43. The van der Waals surface area contributed by atoms with E-state index in [-0.39, 0.29) is 5.69 Å². The number of carbonyl (C=O) groups is 1. The molecule has 0 amide bonds. The van der Waals surface area contributed by atoms with Crippen LogP contribution in [-0.2, 0) is 15.1 Å². The van der Waals surface area contributed by atoms with E-state index in [9.17, 15) is 9.18 Å². The molecule has 1 fully saturated rings. The maximum absolute atomic E-state index is 12.9. The molecule has 1 aromatic rings. The molecule has 1 aromatic heterocycles. The number of anilines is 1. The molecule has 2 N–H and O–H groups in total. The number of aromatic nitrogens is 2. The van der Waals surface area contributed by atoms with Crippen LogP contribution in [0.25, 0.3) is 0 Å². The van der Waals surface area contributed by atoms with Crippen LogP contribution in [0, 0.1) is 5.95 Å². The second kappa shape index (κ2) is 2.70. The molecule has 0 aliphatic heterocycles. The third kappa shape index (κ3) is 1.07. The van der Waals surface area contributed by atoms with Crippen molar-refractivity contribution in [3.63, 3.8) is 0 Å². The first-order valence-electron chi connectivity index (χ1n) is 4.20. The van der Waals surface area contributed by atoms with Crippen molar-refractivity contribution in [1.82, 2.24) is 9.78 Å². The molecule has 76 valence electrons. The Bertz CT molecular complexity index is 364. The van der Waals surface area contributed by atoms with Crippen molar-refractivity contribution in [2.45, 2.75) is 18.4 Å². The molecule has 5 nitrogen and oxygen atoms in total. The zero-order valence-electron chi connectivity index (χ0n) is 7.66. The van der Waals surface area contributed by atoms with Crippen molar-refractivity contribution < 1.29 is 13.9 Å². The quantitative estimate of drug-likeness (QED) is 0.694. The standard InChI is InChI=1S/C8H10FN3O2/c1-14-7(13)8(2-3-8)12-4-5(10)6(9)11-12/h4H,2-3,10H2,1H3. The van der Waals surface area contributed by atoms with Crippen LogP contribution in [0.15, 0.2) is 6.20 Å². The SMILES string of the molecule is COC(=O)C1(n2cc(N)c(F)n2)CC1. The van der Waals surface area contributed by atoms with Crippen LogP contribution in [0.5, 0.6) is 0 Å². The Kier molecular flexibility index (Phi) is 1.73. The van der Waals surface area contributed by atoms with Gasteiger partial charge in [-0.2, -0.15) is 4.39 Å². The summed E-state index contributed by atoms with van der Waals surface area (Å²) in [6.07, 6.45) is 2.54. The predicted octanol–water partition coefficient (Wildman–Crippen LogP) is 0.266. The van der Waals surface area contributed by atoms with Gasteiger partial charge in [-0.05, 0) is 12.8 Å². The van der Waals surface area contributed by atoms with Crippen LogP contribution in [0.1, 0.15) is 12.8 Å². The summed E-state index contributed by atoms with van der Waals surface area (Å²) in [7, 11) is 1.30. The number of carbonyl (C=O) groups excluding carboxylic acids is 1. The van der Waals surface area contributed by atoms with Gasteiger partial charge in [0.1, 0.15) is 5.69 Å². The number of methoxy groups -OCH3 is 1. The van der Waals surface area contributed by atoms with Gasteiger partial charge in [-0.1, -0.05) is 0 Å². The number of nitrogen functional groups attached to an aromatic ring is 1. The van der Waals surface area contributed by atoms with Crippen molar-refractivity contribution in [2.75, 3.05) is 12.8 Å². The fourth-order valence-electron chi connectivity index (χ4n) is 1.42. The third-order valence-electron chi connectivity index (χ3n) is 2.42. The molecule has 2 rings (SSSR count). The van der Waals surface area contributed by atoms with Crippen LogP contribution in [-0.4, -0.2) is 22.9 Å². The molecule has 0 atom stereocenters. The summed E-state index contributed by atoms with van der Waals surface area (Å²) in [6.45, 7) is 0. The van der Waals surface area contributed by atoms with E-state index in [2.05, 4.69) is 9.84 Å². The number of nitrogens with zero attached hydrogens (tertiary/aromatic N) is 2. The van der Waals surface area contributed by atoms with Gasteiger partial charge in [0.05, 0.1) is 13.3 Å². The third-order valence-corrected chi connectivity index (χ3v) is 2.42. The molecular weight excluding hydrogens is 189 g/mol. The van der Waals surface area contributed by atoms with E-state index in [1.165, 1.54) is 18.0 Å². The molecule has 0 saturated heterocycles. The van der Waals surface area contributed by atoms with Gasteiger partial charge in [-0.15, -0.1) is 5.10 Å². The lowest BCUT2D eigenvalue weighted by Crippen LogP contribution is -2.29. The average molecular weight is 199 g/mol. The van der Waals surface area contributed by atoms with Crippen LogP contribution in [0.4, 0.5) is 10.1 Å². The number of ether oxygens (including phenoxy) is 1. The average Bonchev–Trinajstić information content (AvgIpc) is 2.90. The molecule has 1 aliphatic rings. The van der Waals surface area contributed by atoms with Gasteiger partial charge < -0.3 is 10.5 Å². The van der Waals surface area contributed by atoms with E-state index in [1.807, 2.05) is 0 Å². The summed E-state index contributed by atoms with van der Waals surface area (Å²) in [5, 5.41) is 3.54. The second-order valence-electron chi connectivity index (χ2n) is 3.34. The van der Waals surface area contributed by atoms with Gasteiger partial charge in [-0.3, -0.25) is 4.68 Å². The molecule has 6 heteroatoms. The molecule has 1 aliphatic carbocycles. The van der Waals surface area contributed by atoms with E-state index >= 15 is 0 Å². The number of hydrogen-bond acceptors (Lipinski definition) is 4. The van der Waals surface area contributed by atoms with E-state index in [4.69, 9.17) is 5.73 Å². The molecule has 1 heterocycles. The van der Waals surface area contributed by atoms with Crippen LogP contribution < -0.4 is 5.73 Å². The summed E-state index contributed by atoms with van der Waals surface area (Å²) in [4.78, 5) is 11.4. The first-order valence-corrected chi connectivity index (χ1v) is 4.20. The van der Waals surface area contributed by atoms with Gasteiger partial charge in [0.25, 0.3) is 5.95 Å². The van der Waals surface area contributed by atoms with Gasteiger partial charge in [0.15, 0.2) is 5.54 Å². The highest BCUT2D eigenvalue weighted by molar-refractivity contribution is 5.81. The number of halogens is 1. The fraction of sp³-hybridized carbons (Fsp3) is 0.500. The highest BCUT2D eigenvalue weighted by Crippen LogP contribution is 2.44. The maximum atomic E-state index is 12.9. The van der Waals surface area contributed by atoms with E-state index in [0.717, 1.165) is 0 Å². The molecule has 0 aromatic carbocycles. The lowest BCUT2D eigenvalue weighted by Gasteiger charge is -2.11. The monoisotopic (exact) mass is 199 g/mol. The Balaban J connectivity index is 2.35. The highest BCUT2D eigenvalue weighted by Gasteiger charge is 2.54.